The lowest BCUT2D eigenvalue weighted by atomic mass is 9.56. The lowest BCUT2D eigenvalue weighted by molar-refractivity contribution is -0.122. The van der Waals surface area contributed by atoms with Crippen LogP contribution >= 0.6 is 0 Å². The number of benzene rings is 1. The van der Waals surface area contributed by atoms with Gasteiger partial charge in [0.15, 0.2) is 0 Å². The number of rotatable bonds is 6. The molecule has 1 saturated carbocycles. The number of fused-ring (bicyclic) bond motifs is 4. The molecule has 0 spiro atoms. The largest absolute Gasteiger partial charge is 0.497 e. The van der Waals surface area contributed by atoms with Crippen LogP contribution in [0.4, 0.5) is 0 Å². The van der Waals surface area contributed by atoms with E-state index in [0.29, 0.717) is 12.5 Å². The molecule has 5 heteroatoms. The van der Waals surface area contributed by atoms with E-state index in [-0.39, 0.29) is 23.8 Å². The van der Waals surface area contributed by atoms with Crippen LogP contribution in [0.15, 0.2) is 18.2 Å². The van der Waals surface area contributed by atoms with Gasteiger partial charge in [0.2, 0.25) is 5.91 Å². The van der Waals surface area contributed by atoms with Crippen LogP contribution in [0, 0.1) is 11.8 Å². The number of methoxy groups -OCH3 is 1. The second-order valence-electron chi connectivity index (χ2n) is 8.07. The number of piperidine rings is 1. The van der Waals surface area contributed by atoms with Gasteiger partial charge >= 0.3 is 0 Å². The molecule has 2 bridgehead atoms. The molecule has 3 N–H and O–H groups in total. The zero-order chi connectivity index (χ0) is 17.6. The van der Waals surface area contributed by atoms with Gasteiger partial charge in [0.1, 0.15) is 5.75 Å². The molecule has 1 aliphatic heterocycles. The Kier molecular flexibility index (Phi) is 4.24. The molecule has 0 radical (unpaired) electrons. The summed E-state index contributed by atoms with van der Waals surface area (Å²) in [5, 5.41) is 10.3. The molecule has 1 saturated heterocycles. The van der Waals surface area contributed by atoms with Crippen LogP contribution in [0.2, 0.25) is 0 Å². The fourth-order valence-corrected chi connectivity index (χ4v) is 5.25. The summed E-state index contributed by atoms with van der Waals surface area (Å²) in [5.74, 6) is 1.38. The van der Waals surface area contributed by atoms with Crippen molar-refractivity contribution in [1.29, 1.82) is 0 Å². The maximum atomic E-state index is 12.0. The first-order chi connectivity index (χ1) is 12.1. The monoisotopic (exact) mass is 344 g/mol. The minimum atomic E-state index is -0.368. The molecule has 1 aromatic rings. The molecule has 1 aromatic carbocycles. The molecule has 5 nitrogen and oxygen atoms in total. The van der Waals surface area contributed by atoms with Crippen LogP contribution in [0.1, 0.15) is 36.8 Å². The Morgan fingerprint density at radius 1 is 1.44 bits per heavy atom. The number of aliphatic hydroxyl groups excluding tert-OH is 1. The molecule has 2 aliphatic carbocycles. The fourth-order valence-electron chi connectivity index (χ4n) is 5.25. The maximum absolute atomic E-state index is 12.0. The number of nitrogens with zero attached hydrogens (tertiary/aromatic N) is 1. The van der Waals surface area contributed by atoms with Crippen LogP contribution in [-0.4, -0.2) is 48.8 Å². The van der Waals surface area contributed by atoms with E-state index < -0.39 is 0 Å². The van der Waals surface area contributed by atoms with Gasteiger partial charge in [-0.05, 0) is 61.4 Å². The molecule has 0 unspecified atom stereocenters. The van der Waals surface area contributed by atoms with Crippen molar-refractivity contribution < 1.29 is 14.6 Å². The molecular weight excluding hydrogens is 316 g/mol. The average Bonchev–Trinajstić information content (AvgIpc) is 3.40. The van der Waals surface area contributed by atoms with E-state index in [4.69, 9.17) is 10.5 Å². The summed E-state index contributed by atoms with van der Waals surface area (Å²) in [6, 6.07) is 6.48. The molecule has 4 rings (SSSR count). The number of carbonyl (C=O) groups is 1. The van der Waals surface area contributed by atoms with Crippen LogP contribution in [0.25, 0.3) is 0 Å². The molecule has 3 atom stereocenters. The van der Waals surface area contributed by atoms with Crippen molar-refractivity contribution in [1.82, 2.24) is 4.90 Å². The van der Waals surface area contributed by atoms with Gasteiger partial charge in [-0.15, -0.1) is 0 Å². The normalized spacial score (nSPS) is 31.4. The Bertz CT molecular complexity index is 673. The number of hydrogen-bond donors (Lipinski definition) is 2. The van der Waals surface area contributed by atoms with Gasteiger partial charge in [-0.3, -0.25) is 9.69 Å². The smallest absolute Gasteiger partial charge is 0.218 e. The number of nitrogens with two attached hydrogens (primary N) is 1. The van der Waals surface area contributed by atoms with Crippen LogP contribution in [0.5, 0.6) is 5.75 Å². The summed E-state index contributed by atoms with van der Waals surface area (Å²) in [6.07, 6.45) is 4.74. The van der Waals surface area contributed by atoms with Crippen LogP contribution in [-0.2, 0) is 16.6 Å². The lowest BCUT2D eigenvalue weighted by Gasteiger charge is -2.56. The molecule has 3 aliphatic rings. The number of hydrogen-bond acceptors (Lipinski definition) is 4. The van der Waals surface area contributed by atoms with E-state index in [1.54, 1.807) is 7.11 Å². The lowest BCUT2D eigenvalue weighted by Crippen LogP contribution is -2.62. The summed E-state index contributed by atoms with van der Waals surface area (Å²) < 4.78 is 5.43. The Balaban J connectivity index is 1.78. The summed E-state index contributed by atoms with van der Waals surface area (Å²) in [7, 11) is 1.66. The van der Waals surface area contributed by atoms with Crippen molar-refractivity contribution in [2.45, 2.75) is 43.6 Å². The molecule has 0 aromatic heterocycles. The Labute approximate surface area is 149 Å². The number of ether oxygens (including phenoxy) is 1. The highest BCUT2D eigenvalue weighted by atomic mass is 16.5. The van der Waals surface area contributed by atoms with Gasteiger partial charge in [-0.1, -0.05) is 6.07 Å². The van der Waals surface area contributed by atoms with E-state index in [0.717, 1.165) is 43.2 Å². The minimum Gasteiger partial charge on any atom is -0.497 e. The Morgan fingerprint density at radius 2 is 2.24 bits per heavy atom. The Hall–Kier alpha value is -1.59. The molecule has 2 fully saturated rings. The summed E-state index contributed by atoms with van der Waals surface area (Å²) in [4.78, 5) is 14.5. The van der Waals surface area contributed by atoms with Gasteiger partial charge in [-0.25, -0.2) is 0 Å². The second kappa shape index (κ2) is 6.29. The van der Waals surface area contributed by atoms with E-state index in [1.807, 2.05) is 6.07 Å². The minimum absolute atomic E-state index is 0.0482. The van der Waals surface area contributed by atoms with E-state index in [9.17, 15) is 9.90 Å². The van der Waals surface area contributed by atoms with Gasteiger partial charge in [-0.2, -0.15) is 0 Å². The first-order valence-electron chi connectivity index (χ1n) is 9.38. The number of primary amides is 1. The number of aliphatic hydroxyl groups is 1. The van der Waals surface area contributed by atoms with Gasteiger partial charge in [0.05, 0.1) is 7.11 Å². The van der Waals surface area contributed by atoms with E-state index in [1.165, 1.54) is 18.4 Å². The zero-order valence-electron chi connectivity index (χ0n) is 14.9. The van der Waals surface area contributed by atoms with E-state index >= 15 is 0 Å². The van der Waals surface area contributed by atoms with Gasteiger partial charge in [0, 0.05) is 36.9 Å². The maximum Gasteiger partial charge on any atom is 0.218 e. The molecule has 1 heterocycles. The SMILES string of the molecule is COc1ccc2c(c1)[C@]1(CC(N)=O)CCN(CC3CC3)[C@H](C2)[C@@H]1CO. The highest BCUT2D eigenvalue weighted by Gasteiger charge is 2.54. The third kappa shape index (κ3) is 2.83. The van der Waals surface area contributed by atoms with Crippen LogP contribution in [0.3, 0.4) is 0 Å². The quantitative estimate of drug-likeness (QED) is 0.819. The van der Waals surface area contributed by atoms with Gasteiger partial charge in [0.25, 0.3) is 0 Å². The molecule has 136 valence electrons. The summed E-state index contributed by atoms with van der Waals surface area (Å²) in [6.45, 7) is 2.19. The summed E-state index contributed by atoms with van der Waals surface area (Å²) in [5.41, 5.74) is 7.73. The molecule has 25 heavy (non-hydrogen) atoms. The highest BCUT2D eigenvalue weighted by molar-refractivity contribution is 5.76. The summed E-state index contributed by atoms with van der Waals surface area (Å²) >= 11 is 0. The van der Waals surface area contributed by atoms with Crippen molar-refractivity contribution in [2.24, 2.45) is 17.6 Å². The van der Waals surface area contributed by atoms with Crippen molar-refractivity contribution in [3.05, 3.63) is 29.3 Å². The molecular formula is C20H28N2O3. The second-order valence-corrected chi connectivity index (χ2v) is 8.07. The Morgan fingerprint density at radius 3 is 2.88 bits per heavy atom. The number of likely N-dealkylation sites (tertiary alicyclic amines) is 1. The molecule has 1 amide bonds. The fraction of sp³-hybridized carbons (Fsp3) is 0.650. The topological polar surface area (TPSA) is 75.8 Å². The third-order valence-electron chi connectivity index (χ3n) is 6.65. The predicted molar refractivity (Wildman–Crippen MR) is 95.5 cm³/mol. The highest BCUT2D eigenvalue weighted by Crippen LogP contribution is 2.52. The third-order valence-corrected chi connectivity index (χ3v) is 6.65. The predicted octanol–water partition coefficient (Wildman–Crippen LogP) is 1.46. The van der Waals surface area contributed by atoms with E-state index in [2.05, 4.69) is 17.0 Å². The van der Waals surface area contributed by atoms with Crippen LogP contribution < -0.4 is 10.5 Å². The number of amides is 1. The zero-order valence-corrected chi connectivity index (χ0v) is 14.9. The van der Waals surface area contributed by atoms with Crippen molar-refractivity contribution in [3.63, 3.8) is 0 Å². The van der Waals surface area contributed by atoms with Crippen molar-refractivity contribution in [3.8, 4) is 5.75 Å². The number of carbonyl (C=O) groups excluding carboxylic acids is 1. The van der Waals surface area contributed by atoms with Gasteiger partial charge < -0.3 is 15.6 Å². The van der Waals surface area contributed by atoms with Crippen molar-refractivity contribution >= 4 is 5.91 Å². The first kappa shape index (κ1) is 16.9. The van der Waals surface area contributed by atoms with Crippen molar-refractivity contribution in [2.75, 3.05) is 26.8 Å². The first-order valence-corrected chi connectivity index (χ1v) is 9.38. The standard InChI is InChI=1S/C20H28N2O3/c1-25-15-5-4-14-8-18-17(12-23)20(10-19(21)24,16(14)9-15)6-7-22(18)11-13-2-3-13/h4-5,9,13,17-18,23H,2-3,6-8,10-12H2,1H3,(H2,21,24)/t17-,18+,20+/m0/s1. The average molecular weight is 344 g/mol.